The van der Waals surface area contributed by atoms with Gasteiger partial charge in [-0.1, -0.05) is 30.4 Å². The van der Waals surface area contributed by atoms with E-state index in [0.29, 0.717) is 17.7 Å². The van der Waals surface area contributed by atoms with Gasteiger partial charge in [0.15, 0.2) is 9.84 Å². The molecule has 1 aromatic carbocycles. The van der Waals surface area contributed by atoms with Crippen molar-refractivity contribution < 1.29 is 8.42 Å². The van der Waals surface area contributed by atoms with E-state index >= 15 is 0 Å². The molecule has 1 aliphatic carbocycles. The van der Waals surface area contributed by atoms with Gasteiger partial charge in [-0.3, -0.25) is 0 Å². The lowest BCUT2D eigenvalue weighted by Gasteiger charge is -2.26. The van der Waals surface area contributed by atoms with Gasteiger partial charge in [-0.05, 0) is 31.4 Å². The molecule has 0 aromatic heterocycles. The van der Waals surface area contributed by atoms with Gasteiger partial charge in [-0.15, -0.1) is 0 Å². The number of benzene rings is 1. The maximum atomic E-state index is 12.7. The standard InChI is InChI=1S/C14H15NO2S/c15-12-6-11-14(9-4-5-10-14)18(16,17)13-7-2-1-3-8-13/h1-4,7-9H,5-6,10-11H2. The smallest absolute Gasteiger partial charge is 0.187 e. The van der Waals surface area contributed by atoms with E-state index in [9.17, 15) is 8.42 Å². The molecule has 0 radical (unpaired) electrons. The molecule has 0 fully saturated rings. The number of rotatable bonds is 4. The lowest BCUT2D eigenvalue weighted by molar-refractivity contribution is 0.529. The summed E-state index contributed by atoms with van der Waals surface area (Å²) in [7, 11) is -3.41. The highest BCUT2D eigenvalue weighted by atomic mass is 32.2. The van der Waals surface area contributed by atoms with Crippen LogP contribution in [0.25, 0.3) is 0 Å². The molecule has 4 heteroatoms. The predicted molar refractivity (Wildman–Crippen MR) is 69.6 cm³/mol. The normalized spacial score (nSPS) is 22.8. The summed E-state index contributed by atoms with van der Waals surface area (Å²) in [4.78, 5) is 0.342. The maximum Gasteiger partial charge on any atom is 0.187 e. The van der Waals surface area contributed by atoms with Crippen molar-refractivity contribution in [2.45, 2.75) is 35.3 Å². The van der Waals surface area contributed by atoms with Crippen molar-refractivity contribution in [3.8, 4) is 6.07 Å². The van der Waals surface area contributed by atoms with Crippen molar-refractivity contribution in [1.29, 1.82) is 5.26 Å². The van der Waals surface area contributed by atoms with Crippen LogP contribution in [0.3, 0.4) is 0 Å². The summed E-state index contributed by atoms with van der Waals surface area (Å²) in [6, 6.07) is 10.5. The van der Waals surface area contributed by atoms with Crippen LogP contribution < -0.4 is 0 Å². The molecule has 18 heavy (non-hydrogen) atoms. The summed E-state index contributed by atoms with van der Waals surface area (Å²) < 4.78 is 24.5. The summed E-state index contributed by atoms with van der Waals surface area (Å²) >= 11 is 0. The van der Waals surface area contributed by atoms with Crippen LogP contribution in [0.2, 0.25) is 0 Å². The number of allylic oxidation sites excluding steroid dienone is 1. The van der Waals surface area contributed by atoms with Crippen LogP contribution in [0, 0.1) is 11.3 Å². The van der Waals surface area contributed by atoms with E-state index in [4.69, 9.17) is 5.26 Å². The van der Waals surface area contributed by atoms with Crippen molar-refractivity contribution in [3.05, 3.63) is 42.5 Å². The second-order valence-electron chi connectivity index (χ2n) is 4.48. The Labute approximate surface area is 108 Å². The molecule has 1 unspecified atom stereocenters. The lowest BCUT2D eigenvalue weighted by atomic mass is 10.0. The van der Waals surface area contributed by atoms with Gasteiger partial charge < -0.3 is 0 Å². The van der Waals surface area contributed by atoms with E-state index in [-0.39, 0.29) is 6.42 Å². The highest BCUT2D eigenvalue weighted by molar-refractivity contribution is 7.93. The monoisotopic (exact) mass is 261 g/mol. The first-order valence-corrected chi connectivity index (χ1v) is 7.45. The predicted octanol–water partition coefficient (Wildman–Crippen LogP) is 2.85. The van der Waals surface area contributed by atoms with Crippen LogP contribution in [-0.4, -0.2) is 13.2 Å². The van der Waals surface area contributed by atoms with Crippen LogP contribution in [0.15, 0.2) is 47.4 Å². The Morgan fingerprint density at radius 2 is 2.00 bits per heavy atom. The Morgan fingerprint density at radius 3 is 2.56 bits per heavy atom. The van der Waals surface area contributed by atoms with Gasteiger partial charge in [0.25, 0.3) is 0 Å². The zero-order valence-electron chi connectivity index (χ0n) is 10.0. The van der Waals surface area contributed by atoms with E-state index in [0.717, 1.165) is 6.42 Å². The quantitative estimate of drug-likeness (QED) is 0.783. The van der Waals surface area contributed by atoms with Gasteiger partial charge in [-0.2, -0.15) is 5.26 Å². The van der Waals surface area contributed by atoms with Crippen molar-refractivity contribution in [2.24, 2.45) is 0 Å². The van der Waals surface area contributed by atoms with Gasteiger partial charge in [-0.25, -0.2) is 8.42 Å². The SMILES string of the molecule is N#CCCC1(S(=O)(=O)c2ccccc2)C=CCC1. The Kier molecular flexibility index (Phi) is 3.53. The number of nitrogens with zero attached hydrogens (tertiary/aromatic N) is 1. The summed E-state index contributed by atoms with van der Waals surface area (Å²) in [6.45, 7) is 0. The van der Waals surface area contributed by atoms with Gasteiger partial charge >= 0.3 is 0 Å². The third-order valence-corrected chi connectivity index (χ3v) is 5.91. The minimum Gasteiger partial charge on any atom is -0.223 e. The highest BCUT2D eigenvalue weighted by Gasteiger charge is 2.43. The molecule has 0 saturated carbocycles. The van der Waals surface area contributed by atoms with Crippen LogP contribution in [0.5, 0.6) is 0 Å². The highest BCUT2D eigenvalue weighted by Crippen LogP contribution is 2.39. The fourth-order valence-electron chi connectivity index (χ4n) is 2.38. The number of hydrogen-bond acceptors (Lipinski definition) is 3. The molecule has 1 aromatic rings. The van der Waals surface area contributed by atoms with Gasteiger partial charge in [0.2, 0.25) is 0 Å². The molecule has 2 rings (SSSR count). The first kappa shape index (κ1) is 12.8. The third kappa shape index (κ3) is 2.06. The van der Waals surface area contributed by atoms with Crippen LogP contribution in [0.4, 0.5) is 0 Å². The molecule has 0 bridgehead atoms. The van der Waals surface area contributed by atoms with Crippen molar-refractivity contribution in [1.82, 2.24) is 0 Å². The Bertz CT molecular complexity index is 584. The number of hydrogen-bond donors (Lipinski definition) is 0. The van der Waals surface area contributed by atoms with E-state index in [2.05, 4.69) is 0 Å². The average Bonchev–Trinajstić information content (AvgIpc) is 2.88. The van der Waals surface area contributed by atoms with E-state index < -0.39 is 14.6 Å². The first-order chi connectivity index (χ1) is 8.62. The van der Waals surface area contributed by atoms with Gasteiger partial charge in [0.05, 0.1) is 15.7 Å². The molecule has 3 nitrogen and oxygen atoms in total. The molecule has 0 aliphatic heterocycles. The molecule has 0 N–H and O–H groups in total. The van der Waals surface area contributed by atoms with Crippen molar-refractivity contribution in [3.63, 3.8) is 0 Å². The molecule has 0 saturated heterocycles. The van der Waals surface area contributed by atoms with Crippen LogP contribution in [-0.2, 0) is 9.84 Å². The van der Waals surface area contributed by atoms with Crippen molar-refractivity contribution in [2.75, 3.05) is 0 Å². The largest absolute Gasteiger partial charge is 0.223 e. The van der Waals surface area contributed by atoms with Gasteiger partial charge in [0, 0.05) is 6.42 Å². The zero-order valence-corrected chi connectivity index (χ0v) is 10.9. The molecule has 1 atom stereocenters. The molecule has 1 aliphatic rings. The first-order valence-electron chi connectivity index (χ1n) is 5.97. The molecule has 0 spiro atoms. The molecular weight excluding hydrogens is 246 g/mol. The summed E-state index contributed by atoms with van der Waals surface area (Å²) in [5.74, 6) is 0. The molecular formula is C14H15NO2S. The topological polar surface area (TPSA) is 57.9 Å². The molecule has 0 heterocycles. The Morgan fingerprint density at radius 1 is 1.28 bits per heavy atom. The van der Waals surface area contributed by atoms with E-state index in [1.54, 1.807) is 36.4 Å². The number of nitriles is 1. The van der Waals surface area contributed by atoms with Gasteiger partial charge in [0.1, 0.15) is 0 Å². The minimum atomic E-state index is -3.41. The summed E-state index contributed by atoms with van der Waals surface area (Å²) in [5, 5.41) is 8.71. The summed E-state index contributed by atoms with van der Waals surface area (Å²) in [6.07, 6.45) is 5.64. The molecule has 94 valence electrons. The van der Waals surface area contributed by atoms with E-state index in [1.165, 1.54) is 0 Å². The lowest BCUT2D eigenvalue weighted by Crippen LogP contribution is -2.34. The Balaban J connectivity index is 2.44. The third-order valence-electron chi connectivity index (χ3n) is 3.40. The summed E-state index contributed by atoms with van der Waals surface area (Å²) in [5.41, 5.74) is 0. The van der Waals surface area contributed by atoms with E-state index in [1.807, 2.05) is 12.1 Å². The number of sulfone groups is 1. The van der Waals surface area contributed by atoms with Crippen LogP contribution in [0.1, 0.15) is 25.7 Å². The van der Waals surface area contributed by atoms with Crippen molar-refractivity contribution >= 4 is 9.84 Å². The van der Waals surface area contributed by atoms with Crippen LogP contribution >= 0.6 is 0 Å². The second-order valence-corrected chi connectivity index (χ2v) is 6.77. The average molecular weight is 261 g/mol. The second kappa shape index (κ2) is 4.95. The fraction of sp³-hybridized carbons (Fsp3) is 0.357. The molecule has 0 amide bonds. The zero-order chi connectivity index (χ0) is 13.1. The fourth-order valence-corrected chi connectivity index (χ4v) is 4.40. The minimum absolute atomic E-state index is 0.260. The maximum absolute atomic E-state index is 12.7. The Hall–Kier alpha value is -1.60.